The molecule has 6 nitrogen and oxygen atoms in total. The minimum atomic E-state index is -1.37. The Kier molecular flexibility index (Phi) is 9.69. The molecule has 12 heteroatoms. The molecule has 1 fully saturated rings. The number of nitrogens with zero attached hydrogens (tertiary/aromatic N) is 2. The van der Waals surface area contributed by atoms with Crippen molar-refractivity contribution in [2.75, 3.05) is 29.9 Å². The van der Waals surface area contributed by atoms with Crippen LogP contribution in [-0.2, 0) is 6.42 Å². The zero-order chi connectivity index (χ0) is 26.3. The number of nitrogens with one attached hydrogen (secondary N) is 1. The standard InChI is InChI=1S/C27H26F4N4O2.2ClH/c1-14-9-15(32)13-35(12-14)21-6-7-33-11-20(21)34-27(36)17-4-5-18(28)23(26(17)31)24-19(29)10-22-16(25(24)30)3-2-8-37-22;;/h4-7,10-11,14-15H,2-3,8-9,12-13,32H2,1H3,(H,34,36);2*1H/t14-,15+;;/m1../s1. The van der Waals surface area contributed by atoms with E-state index in [1.54, 1.807) is 12.3 Å². The van der Waals surface area contributed by atoms with Crippen molar-refractivity contribution in [2.24, 2.45) is 11.7 Å². The number of piperidine rings is 1. The first-order valence-electron chi connectivity index (χ1n) is 12.1. The summed E-state index contributed by atoms with van der Waals surface area (Å²) in [4.78, 5) is 19.2. The lowest BCUT2D eigenvalue weighted by molar-refractivity contribution is 0.102. The van der Waals surface area contributed by atoms with Gasteiger partial charge in [-0.15, -0.1) is 24.8 Å². The Morgan fingerprint density at radius 1 is 1.08 bits per heavy atom. The number of benzene rings is 2. The summed E-state index contributed by atoms with van der Waals surface area (Å²) < 4.78 is 65.9. The molecule has 2 atom stereocenters. The predicted octanol–water partition coefficient (Wildman–Crippen LogP) is 5.90. The number of hydrogen-bond donors (Lipinski definition) is 2. The highest BCUT2D eigenvalue weighted by atomic mass is 35.5. The molecule has 1 amide bonds. The van der Waals surface area contributed by atoms with Crippen LogP contribution in [0.2, 0.25) is 0 Å². The molecule has 0 saturated carbocycles. The molecule has 0 spiro atoms. The summed E-state index contributed by atoms with van der Waals surface area (Å²) in [5.74, 6) is -5.42. The van der Waals surface area contributed by atoms with Crippen LogP contribution in [0, 0.1) is 29.2 Å². The van der Waals surface area contributed by atoms with Crippen LogP contribution in [0.1, 0.15) is 35.7 Å². The maximum atomic E-state index is 15.6. The molecule has 0 unspecified atom stereocenters. The van der Waals surface area contributed by atoms with Gasteiger partial charge in [0.15, 0.2) is 0 Å². The molecular weight excluding hydrogens is 559 g/mol. The number of nitrogens with two attached hydrogens (primary N) is 1. The number of pyridine rings is 1. The summed E-state index contributed by atoms with van der Waals surface area (Å²) in [6.07, 6.45) is 4.58. The molecule has 0 bridgehead atoms. The molecule has 0 radical (unpaired) electrons. The number of fused-ring (bicyclic) bond motifs is 1. The van der Waals surface area contributed by atoms with E-state index >= 15 is 8.78 Å². The zero-order valence-electron chi connectivity index (χ0n) is 21.0. The van der Waals surface area contributed by atoms with Crippen molar-refractivity contribution in [1.82, 2.24) is 4.98 Å². The normalized spacial score (nSPS) is 18.3. The summed E-state index contributed by atoms with van der Waals surface area (Å²) in [7, 11) is 0. The van der Waals surface area contributed by atoms with Gasteiger partial charge in [0.1, 0.15) is 29.0 Å². The summed E-state index contributed by atoms with van der Waals surface area (Å²) in [5.41, 5.74) is 4.79. The molecule has 2 aliphatic rings. The van der Waals surface area contributed by atoms with Gasteiger partial charge in [-0.05, 0) is 43.4 Å². The van der Waals surface area contributed by atoms with Crippen LogP contribution in [0.25, 0.3) is 11.1 Å². The minimum Gasteiger partial charge on any atom is -0.493 e. The Labute approximate surface area is 235 Å². The Morgan fingerprint density at radius 3 is 2.56 bits per heavy atom. The number of anilines is 2. The monoisotopic (exact) mass is 586 g/mol. The Bertz CT molecular complexity index is 1370. The Morgan fingerprint density at radius 2 is 1.82 bits per heavy atom. The van der Waals surface area contributed by atoms with Gasteiger partial charge in [-0.3, -0.25) is 9.78 Å². The van der Waals surface area contributed by atoms with Gasteiger partial charge in [0, 0.05) is 37.0 Å². The van der Waals surface area contributed by atoms with Crippen LogP contribution in [-0.4, -0.2) is 36.6 Å². The van der Waals surface area contributed by atoms with Crippen LogP contribution in [0.4, 0.5) is 28.9 Å². The number of carbonyl (C=O) groups excluding carboxylic acids is 1. The highest BCUT2D eigenvalue weighted by molar-refractivity contribution is 6.06. The first-order valence-corrected chi connectivity index (χ1v) is 12.1. The third-order valence-corrected chi connectivity index (χ3v) is 6.77. The van der Waals surface area contributed by atoms with Gasteiger partial charge in [-0.25, -0.2) is 17.6 Å². The van der Waals surface area contributed by atoms with Crippen molar-refractivity contribution in [2.45, 2.75) is 32.2 Å². The van der Waals surface area contributed by atoms with Crippen molar-refractivity contribution in [3.05, 3.63) is 71.1 Å². The molecule has 3 N–H and O–H groups in total. The number of halogens is 6. The fourth-order valence-corrected chi connectivity index (χ4v) is 5.16. The molecule has 5 rings (SSSR count). The van der Waals surface area contributed by atoms with Crippen LogP contribution in [0.3, 0.4) is 0 Å². The van der Waals surface area contributed by atoms with E-state index in [0.717, 1.165) is 24.6 Å². The average Bonchev–Trinajstić information content (AvgIpc) is 2.85. The molecule has 2 aliphatic heterocycles. The first-order chi connectivity index (χ1) is 17.7. The zero-order valence-corrected chi connectivity index (χ0v) is 22.6. The van der Waals surface area contributed by atoms with Crippen LogP contribution >= 0.6 is 24.8 Å². The van der Waals surface area contributed by atoms with Crippen molar-refractivity contribution in [3.8, 4) is 16.9 Å². The molecule has 210 valence electrons. The minimum absolute atomic E-state index is 0. The van der Waals surface area contributed by atoms with E-state index in [4.69, 9.17) is 10.5 Å². The Balaban J connectivity index is 0.00000210. The molecule has 2 aromatic carbocycles. The van der Waals surface area contributed by atoms with Gasteiger partial charge < -0.3 is 20.7 Å². The van der Waals surface area contributed by atoms with E-state index in [0.29, 0.717) is 43.4 Å². The third kappa shape index (κ3) is 5.92. The third-order valence-electron chi connectivity index (χ3n) is 6.77. The quantitative estimate of drug-likeness (QED) is 0.372. The predicted molar refractivity (Wildman–Crippen MR) is 146 cm³/mol. The van der Waals surface area contributed by atoms with E-state index < -0.39 is 45.9 Å². The average molecular weight is 587 g/mol. The van der Waals surface area contributed by atoms with Gasteiger partial charge in [0.05, 0.1) is 40.9 Å². The summed E-state index contributed by atoms with van der Waals surface area (Å²) in [6, 6.07) is 4.34. The largest absolute Gasteiger partial charge is 0.493 e. The van der Waals surface area contributed by atoms with E-state index in [-0.39, 0.29) is 48.6 Å². The van der Waals surface area contributed by atoms with Gasteiger partial charge in [-0.2, -0.15) is 0 Å². The number of carbonyl (C=O) groups is 1. The fourth-order valence-electron chi connectivity index (χ4n) is 5.16. The lowest BCUT2D eigenvalue weighted by Crippen LogP contribution is -2.46. The molecule has 1 aromatic heterocycles. The summed E-state index contributed by atoms with van der Waals surface area (Å²) in [5, 5.41) is 2.62. The van der Waals surface area contributed by atoms with E-state index in [1.165, 1.54) is 6.20 Å². The number of amides is 1. The number of hydrogen-bond acceptors (Lipinski definition) is 5. The van der Waals surface area contributed by atoms with Crippen LogP contribution in [0.5, 0.6) is 5.75 Å². The lowest BCUT2D eigenvalue weighted by Gasteiger charge is -2.37. The second-order valence-electron chi connectivity index (χ2n) is 9.61. The lowest BCUT2D eigenvalue weighted by atomic mass is 9.95. The second kappa shape index (κ2) is 12.4. The number of rotatable bonds is 4. The topological polar surface area (TPSA) is 80.5 Å². The smallest absolute Gasteiger partial charge is 0.258 e. The van der Waals surface area contributed by atoms with Gasteiger partial charge in [-0.1, -0.05) is 6.92 Å². The van der Waals surface area contributed by atoms with Crippen LogP contribution in [0.15, 0.2) is 36.7 Å². The van der Waals surface area contributed by atoms with Gasteiger partial charge in [0.25, 0.3) is 5.91 Å². The fraction of sp³-hybridized carbons (Fsp3) is 0.333. The SMILES string of the molecule is C[C@@H]1C[C@H](N)CN(c2ccncc2NC(=O)c2ccc(F)c(-c3c(F)cc4c(c3F)CCCO4)c2F)C1.Cl.Cl. The molecule has 1 saturated heterocycles. The highest BCUT2D eigenvalue weighted by Crippen LogP contribution is 2.39. The van der Waals surface area contributed by atoms with Crippen molar-refractivity contribution >= 4 is 42.1 Å². The van der Waals surface area contributed by atoms with Crippen molar-refractivity contribution in [3.63, 3.8) is 0 Å². The second-order valence-corrected chi connectivity index (χ2v) is 9.61. The van der Waals surface area contributed by atoms with E-state index in [1.807, 2.05) is 4.90 Å². The number of aromatic nitrogens is 1. The van der Waals surface area contributed by atoms with Crippen molar-refractivity contribution in [1.29, 1.82) is 0 Å². The number of ether oxygens (including phenoxy) is 1. The van der Waals surface area contributed by atoms with Crippen molar-refractivity contribution < 1.29 is 27.1 Å². The maximum Gasteiger partial charge on any atom is 0.258 e. The van der Waals surface area contributed by atoms with E-state index in [9.17, 15) is 13.6 Å². The molecular formula is C27H28Cl2F4N4O2. The molecule has 0 aliphatic carbocycles. The van der Waals surface area contributed by atoms with E-state index in [2.05, 4.69) is 17.2 Å². The Hall–Kier alpha value is -3.08. The summed E-state index contributed by atoms with van der Waals surface area (Å²) >= 11 is 0. The van der Waals surface area contributed by atoms with Gasteiger partial charge in [0.2, 0.25) is 0 Å². The van der Waals surface area contributed by atoms with Crippen LogP contribution < -0.4 is 20.7 Å². The maximum absolute atomic E-state index is 15.6. The molecule has 3 aromatic rings. The highest BCUT2D eigenvalue weighted by Gasteiger charge is 2.30. The molecule has 3 heterocycles. The summed E-state index contributed by atoms with van der Waals surface area (Å²) in [6.45, 7) is 3.64. The molecule has 39 heavy (non-hydrogen) atoms. The van der Waals surface area contributed by atoms with Gasteiger partial charge >= 0.3 is 0 Å². The first kappa shape index (κ1) is 30.5.